The van der Waals surface area contributed by atoms with Crippen LogP contribution in [0.2, 0.25) is 5.02 Å². The van der Waals surface area contributed by atoms with Crippen LogP contribution in [-0.2, 0) is 0 Å². The number of hydrogen-bond acceptors (Lipinski definition) is 3. The van der Waals surface area contributed by atoms with Crippen molar-refractivity contribution in [3.8, 4) is 0 Å². The lowest BCUT2D eigenvalue weighted by Crippen LogP contribution is -2.15. The number of benzene rings is 2. The molecule has 0 aliphatic heterocycles. The van der Waals surface area contributed by atoms with Crippen molar-refractivity contribution < 1.29 is 9.21 Å². The second-order valence-electron chi connectivity index (χ2n) is 5.84. The molecule has 4 nitrogen and oxygen atoms in total. The number of nitrogens with one attached hydrogen (secondary N) is 1. The van der Waals surface area contributed by atoms with Gasteiger partial charge >= 0.3 is 0 Å². The molecule has 1 aromatic heterocycles. The molecule has 0 bridgehead atoms. The molecule has 0 saturated carbocycles. The number of halogens is 1. The Morgan fingerprint density at radius 1 is 1.04 bits per heavy atom. The number of amides is 1. The van der Waals surface area contributed by atoms with Crippen molar-refractivity contribution in [2.45, 2.75) is 20.8 Å². The van der Waals surface area contributed by atoms with Crippen LogP contribution in [0.5, 0.6) is 0 Å². The molecular formula is C19H16ClNO3. The van der Waals surface area contributed by atoms with Crippen molar-refractivity contribution in [2.24, 2.45) is 0 Å². The van der Waals surface area contributed by atoms with Crippen molar-refractivity contribution in [3.63, 3.8) is 0 Å². The monoisotopic (exact) mass is 341 g/mol. The van der Waals surface area contributed by atoms with E-state index in [1.165, 1.54) is 6.07 Å². The summed E-state index contributed by atoms with van der Waals surface area (Å²) >= 11 is 6.04. The van der Waals surface area contributed by atoms with E-state index in [0.717, 1.165) is 16.7 Å². The van der Waals surface area contributed by atoms with Gasteiger partial charge in [-0.25, -0.2) is 0 Å². The van der Waals surface area contributed by atoms with Crippen LogP contribution in [0.1, 0.15) is 27.2 Å². The number of fused-ring (bicyclic) bond motifs is 1. The van der Waals surface area contributed by atoms with Crippen LogP contribution < -0.4 is 10.7 Å². The molecular weight excluding hydrogens is 326 g/mol. The number of aryl methyl sites for hydroxylation is 3. The molecule has 0 radical (unpaired) electrons. The molecule has 0 saturated heterocycles. The normalized spacial score (nSPS) is 10.8. The third-order valence-corrected chi connectivity index (χ3v) is 4.28. The predicted molar refractivity (Wildman–Crippen MR) is 96.1 cm³/mol. The van der Waals surface area contributed by atoms with Crippen molar-refractivity contribution in [1.29, 1.82) is 0 Å². The second-order valence-corrected chi connectivity index (χ2v) is 6.25. The number of carbonyl (C=O) groups is 1. The van der Waals surface area contributed by atoms with Crippen molar-refractivity contribution in [2.75, 3.05) is 5.32 Å². The molecule has 0 unspecified atom stereocenters. The van der Waals surface area contributed by atoms with Crippen LogP contribution in [0.25, 0.3) is 11.0 Å². The highest BCUT2D eigenvalue weighted by Gasteiger charge is 2.14. The first-order valence-corrected chi connectivity index (χ1v) is 7.85. The van der Waals surface area contributed by atoms with Crippen LogP contribution >= 0.6 is 11.6 Å². The highest BCUT2D eigenvalue weighted by molar-refractivity contribution is 6.32. The Kier molecular flexibility index (Phi) is 4.16. The Bertz CT molecular complexity index is 1020. The number of hydrogen-bond donors (Lipinski definition) is 1. The molecule has 1 N–H and O–H groups in total. The van der Waals surface area contributed by atoms with Gasteiger partial charge in [-0.05, 0) is 55.7 Å². The summed E-state index contributed by atoms with van der Waals surface area (Å²) in [7, 11) is 0. The standard InChI is InChI=1S/C19H16ClNO3/c1-10-4-5-11(2)15(6-10)21-19(23)18-9-16(22)13-8-14(20)12(3)7-17(13)24-18/h4-9H,1-3H3,(H,21,23). The van der Waals surface area contributed by atoms with E-state index in [9.17, 15) is 9.59 Å². The van der Waals surface area contributed by atoms with Gasteiger partial charge in [-0.15, -0.1) is 0 Å². The maximum atomic E-state index is 12.5. The molecule has 24 heavy (non-hydrogen) atoms. The molecule has 0 aliphatic carbocycles. The third kappa shape index (κ3) is 3.05. The number of carbonyl (C=O) groups excluding carboxylic acids is 1. The van der Waals surface area contributed by atoms with Gasteiger partial charge in [-0.1, -0.05) is 23.7 Å². The summed E-state index contributed by atoms with van der Waals surface area (Å²) in [6.45, 7) is 5.65. The molecule has 1 heterocycles. The quantitative estimate of drug-likeness (QED) is 0.739. The van der Waals surface area contributed by atoms with Gasteiger partial charge in [0.05, 0.1) is 5.39 Å². The van der Waals surface area contributed by atoms with Gasteiger partial charge in [0, 0.05) is 16.8 Å². The summed E-state index contributed by atoms with van der Waals surface area (Å²) in [4.78, 5) is 24.7. The maximum Gasteiger partial charge on any atom is 0.291 e. The smallest absolute Gasteiger partial charge is 0.291 e. The van der Waals surface area contributed by atoms with E-state index in [2.05, 4.69) is 5.32 Å². The molecule has 0 aliphatic rings. The van der Waals surface area contributed by atoms with Gasteiger partial charge in [0.2, 0.25) is 0 Å². The van der Waals surface area contributed by atoms with Crippen molar-refractivity contribution in [3.05, 3.63) is 74.1 Å². The lowest BCUT2D eigenvalue weighted by molar-refractivity contribution is 0.0997. The summed E-state index contributed by atoms with van der Waals surface area (Å²) in [5.74, 6) is -0.495. The SMILES string of the molecule is Cc1ccc(C)c(NC(=O)c2cc(=O)c3cc(Cl)c(C)cc3o2)c1. The van der Waals surface area contributed by atoms with E-state index in [1.807, 2.05) is 39.0 Å². The summed E-state index contributed by atoms with van der Waals surface area (Å²) < 4.78 is 5.61. The minimum Gasteiger partial charge on any atom is -0.451 e. The first-order valence-electron chi connectivity index (χ1n) is 7.48. The number of anilines is 1. The molecule has 3 rings (SSSR count). The fourth-order valence-corrected chi connectivity index (χ4v) is 2.61. The van der Waals surface area contributed by atoms with Gasteiger partial charge in [0.15, 0.2) is 11.2 Å². The highest BCUT2D eigenvalue weighted by atomic mass is 35.5. The fourth-order valence-electron chi connectivity index (χ4n) is 2.44. The van der Waals surface area contributed by atoms with Gasteiger partial charge in [-0.2, -0.15) is 0 Å². The van der Waals surface area contributed by atoms with Gasteiger partial charge < -0.3 is 9.73 Å². The van der Waals surface area contributed by atoms with E-state index in [4.69, 9.17) is 16.0 Å². The Morgan fingerprint density at radius 2 is 1.79 bits per heavy atom. The van der Waals surface area contributed by atoms with Crippen LogP contribution in [0.4, 0.5) is 5.69 Å². The molecule has 0 spiro atoms. The average molecular weight is 342 g/mol. The minimum atomic E-state index is -0.463. The molecule has 0 atom stereocenters. The van der Waals surface area contributed by atoms with Crippen LogP contribution in [0.15, 0.2) is 45.6 Å². The topological polar surface area (TPSA) is 59.3 Å². The van der Waals surface area contributed by atoms with Gasteiger partial charge in [0.25, 0.3) is 5.91 Å². The van der Waals surface area contributed by atoms with E-state index >= 15 is 0 Å². The minimum absolute atomic E-state index is 0.0323. The lowest BCUT2D eigenvalue weighted by atomic mass is 10.1. The summed E-state index contributed by atoms with van der Waals surface area (Å²) in [5, 5.41) is 3.63. The summed E-state index contributed by atoms with van der Waals surface area (Å²) in [6, 6.07) is 10.2. The van der Waals surface area contributed by atoms with Crippen LogP contribution in [-0.4, -0.2) is 5.91 Å². The van der Waals surface area contributed by atoms with E-state index in [-0.39, 0.29) is 11.2 Å². The first kappa shape index (κ1) is 16.3. The van der Waals surface area contributed by atoms with Gasteiger partial charge in [0.1, 0.15) is 5.58 Å². The van der Waals surface area contributed by atoms with Crippen molar-refractivity contribution in [1.82, 2.24) is 0 Å². The van der Waals surface area contributed by atoms with Gasteiger partial charge in [-0.3, -0.25) is 9.59 Å². The van der Waals surface area contributed by atoms with E-state index in [1.54, 1.807) is 12.1 Å². The van der Waals surface area contributed by atoms with Crippen LogP contribution in [0.3, 0.4) is 0 Å². The highest BCUT2D eigenvalue weighted by Crippen LogP contribution is 2.23. The molecule has 122 valence electrons. The average Bonchev–Trinajstić information content (AvgIpc) is 2.52. The number of rotatable bonds is 2. The zero-order chi connectivity index (χ0) is 17.4. The van der Waals surface area contributed by atoms with E-state index in [0.29, 0.717) is 21.7 Å². The fraction of sp³-hybridized carbons (Fsp3) is 0.158. The molecule has 1 amide bonds. The molecule has 2 aromatic carbocycles. The predicted octanol–water partition coefficient (Wildman–Crippen LogP) is 4.62. The Balaban J connectivity index is 2.03. The Hall–Kier alpha value is -2.59. The molecule has 5 heteroatoms. The third-order valence-electron chi connectivity index (χ3n) is 3.87. The van der Waals surface area contributed by atoms with E-state index < -0.39 is 5.91 Å². The zero-order valence-electron chi connectivity index (χ0n) is 13.6. The van der Waals surface area contributed by atoms with Crippen molar-refractivity contribution >= 4 is 34.2 Å². The Labute approximate surface area is 144 Å². The summed E-state index contributed by atoms with van der Waals surface area (Å²) in [6.07, 6.45) is 0. The lowest BCUT2D eigenvalue weighted by Gasteiger charge is -2.09. The molecule has 0 fully saturated rings. The maximum absolute atomic E-state index is 12.5. The Morgan fingerprint density at radius 3 is 2.54 bits per heavy atom. The zero-order valence-corrected chi connectivity index (χ0v) is 14.3. The first-order chi connectivity index (χ1) is 11.3. The summed E-state index contributed by atoms with van der Waals surface area (Å²) in [5.41, 5.74) is 3.47. The largest absolute Gasteiger partial charge is 0.451 e. The van der Waals surface area contributed by atoms with Crippen LogP contribution in [0, 0.1) is 20.8 Å². The second kappa shape index (κ2) is 6.13. The molecule has 3 aromatic rings.